The molecule has 1 fully saturated rings. The molecule has 6 heteroatoms. The number of nitrogens with one attached hydrogen (secondary N) is 1. The number of nitrogens with zero attached hydrogens (tertiary/aromatic N) is 1. The molecule has 2 aliphatic heterocycles. The number of thiophene rings is 1. The number of rotatable bonds is 3. The van der Waals surface area contributed by atoms with Gasteiger partial charge in [0.2, 0.25) is 6.79 Å². The Morgan fingerprint density at radius 2 is 2.22 bits per heavy atom. The molecule has 1 atom stereocenters. The van der Waals surface area contributed by atoms with Crippen molar-refractivity contribution in [1.29, 1.82) is 0 Å². The number of carbonyl (C=O) groups excluding carboxylic acids is 1. The number of urea groups is 1. The van der Waals surface area contributed by atoms with Crippen LogP contribution in [0, 0.1) is 0 Å². The van der Waals surface area contributed by atoms with Gasteiger partial charge in [0.15, 0.2) is 11.5 Å². The van der Waals surface area contributed by atoms with Crippen molar-refractivity contribution in [3.05, 3.63) is 46.2 Å². The van der Waals surface area contributed by atoms with Gasteiger partial charge in [-0.15, -0.1) is 11.3 Å². The van der Waals surface area contributed by atoms with Gasteiger partial charge in [-0.3, -0.25) is 0 Å². The number of benzene rings is 1. The maximum absolute atomic E-state index is 12.5. The predicted octanol–water partition coefficient (Wildman–Crippen LogP) is 3.52. The van der Waals surface area contributed by atoms with E-state index in [2.05, 4.69) is 16.8 Å². The van der Waals surface area contributed by atoms with Crippen molar-refractivity contribution in [1.82, 2.24) is 10.2 Å². The number of likely N-dealkylation sites (tertiary alicyclic amines) is 1. The summed E-state index contributed by atoms with van der Waals surface area (Å²) in [6, 6.07) is 10.1. The standard InChI is InChI=1S/C17H18N2O3S/c20-17(19-7-1-3-13(19)16-4-2-8-23-16)18-10-12-5-6-14-15(9-12)22-11-21-14/h2,4-6,8-9,13H,1,3,7,10-11H2,(H,18,20). The van der Waals surface area contributed by atoms with Crippen LogP contribution in [0.1, 0.15) is 29.3 Å². The lowest BCUT2D eigenvalue weighted by Crippen LogP contribution is -2.38. The van der Waals surface area contributed by atoms with Crippen molar-refractivity contribution in [3.63, 3.8) is 0 Å². The molecule has 0 radical (unpaired) electrons. The zero-order valence-corrected chi connectivity index (χ0v) is 13.5. The number of fused-ring (bicyclic) bond motifs is 1. The van der Waals surface area contributed by atoms with Gasteiger partial charge in [-0.1, -0.05) is 12.1 Å². The highest BCUT2D eigenvalue weighted by Gasteiger charge is 2.30. The van der Waals surface area contributed by atoms with E-state index in [-0.39, 0.29) is 18.9 Å². The van der Waals surface area contributed by atoms with Crippen LogP contribution in [0.15, 0.2) is 35.7 Å². The number of hydrogen-bond acceptors (Lipinski definition) is 4. The first kappa shape index (κ1) is 14.4. The molecule has 120 valence electrons. The maximum atomic E-state index is 12.5. The lowest BCUT2D eigenvalue weighted by atomic mass is 10.2. The first-order valence-corrected chi connectivity index (χ1v) is 8.65. The Bertz CT molecular complexity index is 702. The number of carbonyl (C=O) groups is 1. The molecule has 2 aromatic rings. The maximum Gasteiger partial charge on any atom is 0.318 e. The predicted molar refractivity (Wildman–Crippen MR) is 87.8 cm³/mol. The van der Waals surface area contributed by atoms with Crippen molar-refractivity contribution in [2.45, 2.75) is 25.4 Å². The van der Waals surface area contributed by atoms with Crippen molar-refractivity contribution in [2.24, 2.45) is 0 Å². The molecular weight excluding hydrogens is 312 g/mol. The zero-order valence-electron chi connectivity index (χ0n) is 12.7. The summed E-state index contributed by atoms with van der Waals surface area (Å²) in [6.07, 6.45) is 2.10. The largest absolute Gasteiger partial charge is 0.454 e. The fourth-order valence-corrected chi connectivity index (χ4v) is 3.99. The van der Waals surface area contributed by atoms with Gasteiger partial charge in [0.25, 0.3) is 0 Å². The molecule has 0 saturated carbocycles. The molecule has 1 N–H and O–H groups in total. The van der Waals surface area contributed by atoms with E-state index in [0.29, 0.717) is 6.54 Å². The highest BCUT2D eigenvalue weighted by Crippen LogP contribution is 2.35. The fourth-order valence-electron chi connectivity index (χ4n) is 3.12. The van der Waals surface area contributed by atoms with E-state index in [1.807, 2.05) is 29.2 Å². The van der Waals surface area contributed by atoms with Gasteiger partial charge < -0.3 is 19.7 Å². The topological polar surface area (TPSA) is 50.8 Å². The second-order valence-electron chi connectivity index (χ2n) is 5.71. The molecule has 23 heavy (non-hydrogen) atoms. The summed E-state index contributed by atoms with van der Waals surface area (Å²) in [6.45, 7) is 1.57. The summed E-state index contributed by atoms with van der Waals surface area (Å²) < 4.78 is 10.7. The van der Waals surface area contributed by atoms with E-state index in [4.69, 9.17) is 9.47 Å². The summed E-state index contributed by atoms with van der Waals surface area (Å²) in [7, 11) is 0. The van der Waals surface area contributed by atoms with E-state index in [1.165, 1.54) is 4.88 Å². The number of amides is 2. The molecular formula is C17H18N2O3S. The van der Waals surface area contributed by atoms with E-state index in [1.54, 1.807) is 11.3 Å². The second kappa shape index (κ2) is 6.12. The summed E-state index contributed by atoms with van der Waals surface area (Å²) in [4.78, 5) is 15.7. The van der Waals surface area contributed by atoms with Crippen LogP contribution >= 0.6 is 11.3 Å². The van der Waals surface area contributed by atoms with E-state index in [9.17, 15) is 4.79 Å². The normalized spacial score (nSPS) is 19.1. The van der Waals surface area contributed by atoms with Gasteiger partial charge in [0.05, 0.1) is 6.04 Å². The molecule has 0 spiro atoms. The molecule has 1 aromatic heterocycles. The van der Waals surface area contributed by atoms with Gasteiger partial charge in [-0.05, 0) is 42.0 Å². The molecule has 0 bridgehead atoms. The van der Waals surface area contributed by atoms with Crippen LogP contribution in [0.2, 0.25) is 0 Å². The van der Waals surface area contributed by atoms with Crippen LogP contribution in [0.3, 0.4) is 0 Å². The zero-order chi connectivity index (χ0) is 15.6. The molecule has 3 heterocycles. The molecule has 1 saturated heterocycles. The fraction of sp³-hybridized carbons (Fsp3) is 0.353. The Morgan fingerprint density at radius 3 is 3.09 bits per heavy atom. The summed E-state index contributed by atoms with van der Waals surface area (Å²) in [5, 5.41) is 5.09. The van der Waals surface area contributed by atoms with Crippen LogP contribution in [0.4, 0.5) is 4.79 Å². The lowest BCUT2D eigenvalue weighted by Gasteiger charge is -2.24. The molecule has 1 unspecified atom stereocenters. The van der Waals surface area contributed by atoms with Crippen molar-refractivity contribution >= 4 is 17.4 Å². The summed E-state index contributed by atoms with van der Waals surface area (Å²) in [5.74, 6) is 1.51. The molecule has 0 aliphatic carbocycles. The smallest absolute Gasteiger partial charge is 0.318 e. The highest BCUT2D eigenvalue weighted by molar-refractivity contribution is 7.10. The van der Waals surface area contributed by atoms with Crippen molar-refractivity contribution in [3.8, 4) is 11.5 Å². The first-order valence-electron chi connectivity index (χ1n) is 7.77. The van der Waals surface area contributed by atoms with E-state index in [0.717, 1.165) is 36.4 Å². The first-order chi connectivity index (χ1) is 11.3. The Morgan fingerprint density at radius 1 is 1.30 bits per heavy atom. The van der Waals surface area contributed by atoms with E-state index < -0.39 is 0 Å². The van der Waals surface area contributed by atoms with E-state index >= 15 is 0 Å². The van der Waals surface area contributed by atoms with Crippen LogP contribution in [0.25, 0.3) is 0 Å². The van der Waals surface area contributed by atoms with Gasteiger partial charge in [0, 0.05) is 18.0 Å². The van der Waals surface area contributed by atoms with Gasteiger partial charge in [-0.25, -0.2) is 4.79 Å². The minimum absolute atomic E-state index is 0.00133. The SMILES string of the molecule is O=C(NCc1ccc2c(c1)OCO2)N1CCCC1c1cccs1. The summed E-state index contributed by atoms with van der Waals surface area (Å²) >= 11 is 1.72. The Labute approximate surface area is 138 Å². The molecule has 2 amide bonds. The van der Waals surface area contributed by atoms with Crippen molar-refractivity contribution in [2.75, 3.05) is 13.3 Å². The van der Waals surface area contributed by atoms with Crippen LogP contribution in [-0.4, -0.2) is 24.3 Å². The molecule has 5 nitrogen and oxygen atoms in total. The molecule has 2 aliphatic rings. The number of ether oxygens (including phenoxy) is 2. The number of hydrogen-bond donors (Lipinski definition) is 1. The molecule has 4 rings (SSSR count). The average Bonchev–Trinajstić information content (AvgIpc) is 3.32. The van der Waals surface area contributed by atoms with Crippen molar-refractivity contribution < 1.29 is 14.3 Å². The third kappa shape index (κ3) is 2.86. The van der Waals surface area contributed by atoms with Gasteiger partial charge >= 0.3 is 6.03 Å². The van der Waals surface area contributed by atoms with Gasteiger partial charge in [0.1, 0.15) is 0 Å². The molecule has 1 aromatic carbocycles. The van der Waals surface area contributed by atoms with Gasteiger partial charge in [-0.2, -0.15) is 0 Å². The second-order valence-corrected chi connectivity index (χ2v) is 6.69. The van der Waals surface area contributed by atoms with Crippen LogP contribution in [0.5, 0.6) is 11.5 Å². The quantitative estimate of drug-likeness (QED) is 0.937. The summed E-state index contributed by atoms with van der Waals surface area (Å²) in [5.41, 5.74) is 1.01. The Balaban J connectivity index is 1.40. The Kier molecular flexibility index (Phi) is 3.83. The lowest BCUT2D eigenvalue weighted by molar-refractivity contribution is 0.174. The Hall–Kier alpha value is -2.21. The third-order valence-electron chi connectivity index (χ3n) is 4.27. The minimum atomic E-state index is -0.00133. The van der Waals surface area contributed by atoms with Crippen LogP contribution in [-0.2, 0) is 6.54 Å². The minimum Gasteiger partial charge on any atom is -0.454 e. The average molecular weight is 330 g/mol. The highest BCUT2D eigenvalue weighted by atomic mass is 32.1. The third-order valence-corrected chi connectivity index (χ3v) is 5.24. The monoisotopic (exact) mass is 330 g/mol. The van der Waals surface area contributed by atoms with Crippen LogP contribution < -0.4 is 14.8 Å².